The number of halogens is 1. The molecular weight excluding hydrogens is 364 g/mol. The van der Waals surface area contributed by atoms with Crippen LogP contribution in [0.4, 0.5) is 0 Å². The molecule has 1 atom stereocenters. The Labute approximate surface area is 143 Å². The second kappa shape index (κ2) is 7.78. The first-order chi connectivity index (χ1) is 10.5. The lowest BCUT2D eigenvalue weighted by atomic mass is 10.1. The fourth-order valence-electron chi connectivity index (χ4n) is 2.01. The molecule has 2 aromatic rings. The van der Waals surface area contributed by atoms with Crippen molar-refractivity contribution in [2.24, 2.45) is 0 Å². The minimum absolute atomic E-state index is 0.0217. The molecule has 2 rings (SSSR count). The zero-order valence-electron chi connectivity index (χ0n) is 12.8. The van der Waals surface area contributed by atoms with Gasteiger partial charge in [0.05, 0.1) is 11.8 Å². The van der Waals surface area contributed by atoms with Crippen molar-refractivity contribution in [1.82, 2.24) is 20.1 Å². The van der Waals surface area contributed by atoms with Crippen LogP contribution in [0.2, 0.25) is 0 Å². The molecule has 1 aromatic heterocycles. The summed E-state index contributed by atoms with van der Waals surface area (Å²) in [5.41, 5.74) is 1.06. The van der Waals surface area contributed by atoms with Crippen LogP contribution in [0, 0.1) is 0 Å². The van der Waals surface area contributed by atoms with Gasteiger partial charge in [-0.3, -0.25) is 4.79 Å². The molecule has 0 aliphatic heterocycles. The Hall–Kier alpha value is -1.34. The molecule has 0 fully saturated rings. The lowest BCUT2D eigenvalue weighted by molar-refractivity contribution is -0.119. The number of thioether (sulfide) groups is 1. The molecule has 0 radical (unpaired) electrons. The summed E-state index contributed by atoms with van der Waals surface area (Å²) in [7, 11) is 0. The SMILES string of the molecule is CC(NC(=O)CSc1nncn1C(C)C)c1ccccc1Br. The number of benzene rings is 1. The van der Waals surface area contributed by atoms with E-state index in [4.69, 9.17) is 0 Å². The van der Waals surface area contributed by atoms with Crippen LogP contribution >= 0.6 is 27.7 Å². The summed E-state index contributed by atoms with van der Waals surface area (Å²) in [6, 6.07) is 8.11. The van der Waals surface area contributed by atoms with Gasteiger partial charge in [0, 0.05) is 10.5 Å². The summed E-state index contributed by atoms with van der Waals surface area (Å²) in [5.74, 6) is 0.298. The van der Waals surface area contributed by atoms with Gasteiger partial charge in [-0.25, -0.2) is 0 Å². The van der Waals surface area contributed by atoms with Gasteiger partial charge in [0.1, 0.15) is 6.33 Å². The number of carbonyl (C=O) groups is 1. The predicted molar refractivity (Wildman–Crippen MR) is 91.8 cm³/mol. The van der Waals surface area contributed by atoms with Crippen LogP contribution in [0.25, 0.3) is 0 Å². The zero-order chi connectivity index (χ0) is 16.1. The third kappa shape index (κ3) is 4.33. The number of hydrogen-bond acceptors (Lipinski definition) is 4. The van der Waals surface area contributed by atoms with Crippen LogP contribution in [0.15, 0.2) is 40.2 Å². The number of aromatic nitrogens is 3. The lowest BCUT2D eigenvalue weighted by Crippen LogP contribution is -2.28. The molecule has 5 nitrogen and oxygen atoms in total. The molecule has 7 heteroatoms. The van der Waals surface area contributed by atoms with Gasteiger partial charge in [-0.05, 0) is 32.4 Å². The van der Waals surface area contributed by atoms with E-state index in [0.29, 0.717) is 5.75 Å². The molecule has 0 aliphatic rings. The van der Waals surface area contributed by atoms with Gasteiger partial charge in [-0.2, -0.15) is 0 Å². The summed E-state index contributed by atoms with van der Waals surface area (Å²) < 4.78 is 2.95. The second-order valence-corrected chi connectivity index (χ2v) is 7.01. The molecular formula is C15H19BrN4OS. The first kappa shape index (κ1) is 17.0. The Morgan fingerprint density at radius 2 is 2.09 bits per heavy atom. The summed E-state index contributed by atoms with van der Waals surface area (Å²) in [4.78, 5) is 12.1. The van der Waals surface area contributed by atoms with E-state index in [-0.39, 0.29) is 18.0 Å². The predicted octanol–water partition coefficient (Wildman–Crippen LogP) is 3.59. The van der Waals surface area contributed by atoms with Gasteiger partial charge in [0.2, 0.25) is 5.91 Å². The van der Waals surface area contributed by atoms with Gasteiger partial charge in [-0.1, -0.05) is 45.9 Å². The van der Waals surface area contributed by atoms with Crippen LogP contribution in [0.5, 0.6) is 0 Å². The Kier molecular flexibility index (Phi) is 6.02. The van der Waals surface area contributed by atoms with Crippen molar-refractivity contribution in [3.05, 3.63) is 40.6 Å². The number of hydrogen-bond donors (Lipinski definition) is 1. The number of carbonyl (C=O) groups excluding carboxylic acids is 1. The van der Waals surface area contributed by atoms with Crippen LogP contribution < -0.4 is 5.32 Å². The quantitative estimate of drug-likeness (QED) is 0.775. The maximum Gasteiger partial charge on any atom is 0.230 e. The average Bonchev–Trinajstić information content (AvgIpc) is 2.94. The van der Waals surface area contributed by atoms with Crippen molar-refractivity contribution in [2.75, 3.05) is 5.75 Å². The molecule has 0 spiro atoms. The maximum absolute atomic E-state index is 12.1. The molecule has 118 valence electrons. The monoisotopic (exact) mass is 382 g/mol. The highest BCUT2D eigenvalue weighted by Crippen LogP contribution is 2.23. The Balaban J connectivity index is 1.91. The van der Waals surface area contributed by atoms with E-state index < -0.39 is 0 Å². The Bertz CT molecular complexity index is 644. The highest BCUT2D eigenvalue weighted by atomic mass is 79.9. The van der Waals surface area contributed by atoms with Crippen molar-refractivity contribution >= 4 is 33.6 Å². The zero-order valence-corrected chi connectivity index (χ0v) is 15.2. The van der Waals surface area contributed by atoms with E-state index in [1.165, 1.54) is 11.8 Å². The smallest absolute Gasteiger partial charge is 0.230 e. The molecule has 1 aromatic carbocycles. The van der Waals surface area contributed by atoms with Gasteiger partial charge >= 0.3 is 0 Å². The molecule has 1 heterocycles. The third-order valence-electron chi connectivity index (χ3n) is 3.18. The van der Waals surface area contributed by atoms with Crippen LogP contribution in [-0.2, 0) is 4.79 Å². The second-order valence-electron chi connectivity index (χ2n) is 5.21. The van der Waals surface area contributed by atoms with Crippen molar-refractivity contribution in [3.63, 3.8) is 0 Å². The Morgan fingerprint density at radius 3 is 2.77 bits per heavy atom. The lowest BCUT2D eigenvalue weighted by Gasteiger charge is -2.16. The fourth-order valence-corrected chi connectivity index (χ4v) is 3.49. The maximum atomic E-state index is 12.1. The average molecular weight is 383 g/mol. The van der Waals surface area contributed by atoms with Crippen LogP contribution in [-0.4, -0.2) is 26.4 Å². The number of nitrogens with zero attached hydrogens (tertiary/aromatic N) is 3. The molecule has 0 bridgehead atoms. The van der Waals surface area contributed by atoms with E-state index in [9.17, 15) is 4.79 Å². The topological polar surface area (TPSA) is 59.8 Å². The number of rotatable bonds is 6. The van der Waals surface area contributed by atoms with Crippen molar-refractivity contribution < 1.29 is 4.79 Å². The van der Waals surface area contributed by atoms with Crippen molar-refractivity contribution in [1.29, 1.82) is 0 Å². The van der Waals surface area contributed by atoms with E-state index in [1.54, 1.807) is 6.33 Å². The summed E-state index contributed by atoms with van der Waals surface area (Å²) in [6.45, 7) is 6.09. The number of amides is 1. The van der Waals surface area contributed by atoms with Gasteiger partial charge in [-0.15, -0.1) is 10.2 Å². The van der Waals surface area contributed by atoms with Crippen molar-refractivity contribution in [2.45, 2.75) is 38.0 Å². The number of nitrogens with one attached hydrogen (secondary N) is 1. The largest absolute Gasteiger partial charge is 0.349 e. The molecule has 1 N–H and O–H groups in total. The molecule has 22 heavy (non-hydrogen) atoms. The molecule has 0 aliphatic carbocycles. The van der Waals surface area contributed by atoms with E-state index in [0.717, 1.165) is 15.2 Å². The minimum Gasteiger partial charge on any atom is -0.349 e. The highest BCUT2D eigenvalue weighted by Gasteiger charge is 2.14. The Morgan fingerprint density at radius 1 is 1.36 bits per heavy atom. The van der Waals surface area contributed by atoms with Gasteiger partial charge < -0.3 is 9.88 Å². The molecule has 1 unspecified atom stereocenters. The summed E-state index contributed by atoms with van der Waals surface area (Å²) in [6.07, 6.45) is 1.69. The highest BCUT2D eigenvalue weighted by molar-refractivity contribution is 9.10. The fraction of sp³-hybridized carbons (Fsp3) is 0.400. The van der Waals surface area contributed by atoms with E-state index in [2.05, 4.69) is 45.3 Å². The summed E-state index contributed by atoms with van der Waals surface area (Å²) >= 11 is 4.90. The molecule has 0 saturated heterocycles. The van der Waals surface area contributed by atoms with Crippen molar-refractivity contribution in [3.8, 4) is 0 Å². The third-order valence-corrected chi connectivity index (χ3v) is 4.86. The van der Waals surface area contributed by atoms with Crippen LogP contribution in [0.3, 0.4) is 0 Å². The first-order valence-corrected chi connectivity index (χ1v) is 8.83. The van der Waals surface area contributed by atoms with E-state index >= 15 is 0 Å². The molecule has 1 amide bonds. The normalized spacial score (nSPS) is 12.4. The minimum atomic E-state index is -0.0494. The van der Waals surface area contributed by atoms with Crippen LogP contribution in [0.1, 0.15) is 38.4 Å². The molecule has 0 saturated carbocycles. The van der Waals surface area contributed by atoms with Gasteiger partial charge in [0.15, 0.2) is 5.16 Å². The van der Waals surface area contributed by atoms with E-state index in [1.807, 2.05) is 35.8 Å². The first-order valence-electron chi connectivity index (χ1n) is 7.05. The van der Waals surface area contributed by atoms with Gasteiger partial charge in [0.25, 0.3) is 0 Å². The standard InChI is InChI=1S/C15H19BrN4OS/c1-10(2)20-9-17-19-15(20)22-8-14(21)18-11(3)12-6-4-5-7-13(12)16/h4-7,9-11H,8H2,1-3H3,(H,18,21). The summed E-state index contributed by atoms with van der Waals surface area (Å²) in [5, 5.41) is 11.7.